The maximum absolute atomic E-state index is 12.1. The Kier molecular flexibility index (Phi) is 7.55. The summed E-state index contributed by atoms with van der Waals surface area (Å²) in [6.07, 6.45) is 0.867. The van der Waals surface area contributed by atoms with Crippen LogP contribution < -0.4 is 5.32 Å². The van der Waals surface area contributed by atoms with Gasteiger partial charge in [-0.2, -0.15) is 4.31 Å². The molecular formula is C16H25N3O4S2. The number of ether oxygens (including phenoxy) is 1. The van der Waals surface area contributed by atoms with Gasteiger partial charge in [-0.15, -0.1) is 11.8 Å². The Hall–Kier alpha value is -1.29. The highest BCUT2D eigenvalue weighted by atomic mass is 32.2. The van der Waals surface area contributed by atoms with Gasteiger partial charge in [-0.05, 0) is 12.1 Å². The number of carbonyl (C=O) groups excluding carboxylic acids is 1. The Morgan fingerprint density at radius 1 is 1.40 bits per heavy atom. The van der Waals surface area contributed by atoms with E-state index < -0.39 is 10.0 Å². The van der Waals surface area contributed by atoms with Crippen molar-refractivity contribution in [1.82, 2.24) is 14.5 Å². The van der Waals surface area contributed by atoms with Gasteiger partial charge < -0.3 is 15.0 Å². The van der Waals surface area contributed by atoms with E-state index in [1.54, 1.807) is 23.7 Å². The van der Waals surface area contributed by atoms with Crippen LogP contribution in [0.5, 0.6) is 0 Å². The van der Waals surface area contributed by atoms with Crippen molar-refractivity contribution < 1.29 is 17.9 Å². The van der Waals surface area contributed by atoms with Crippen molar-refractivity contribution in [2.75, 3.05) is 51.8 Å². The maximum Gasteiger partial charge on any atom is 0.317 e. The average molecular weight is 388 g/mol. The number of hydrogen-bond donors (Lipinski definition) is 1. The van der Waals surface area contributed by atoms with Crippen molar-refractivity contribution in [1.29, 1.82) is 0 Å². The van der Waals surface area contributed by atoms with E-state index in [9.17, 15) is 13.2 Å². The molecule has 0 aliphatic carbocycles. The van der Waals surface area contributed by atoms with Gasteiger partial charge in [0, 0.05) is 43.9 Å². The second kappa shape index (κ2) is 9.42. The topological polar surface area (TPSA) is 79.0 Å². The molecule has 2 amide bonds. The number of benzene rings is 1. The Balaban J connectivity index is 1.68. The summed E-state index contributed by atoms with van der Waals surface area (Å²) in [4.78, 5) is 14.9. The second-order valence-electron chi connectivity index (χ2n) is 5.88. The number of rotatable bonds is 7. The third-order valence-electron chi connectivity index (χ3n) is 3.84. The van der Waals surface area contributed by atoms with E-state index in [2.05, 4.69) is 5.32 Å². The molecule has 2 rings (SSSR count). The van der Waals surface area contributed by atoms with Crippen LogP contribution in [0.4, 0.5) is 4.79 Å². The molecule has 1 unspecified atom stereocenters. The van der Waals surface area contributed by atoms with Crippen molar-refractivity contribution in [2.24, 2.45) is 0 Å². The molecule has 1 N–H and O–H groups in total. The smallest absolute Gasteiger partial charge is 0.317 e. The zero-order valence-corrected chi connectivity index (χ0v) is 16.2. The van der Waals surface area contributed by atoms with Crippen molar-refractivity contribution in [2.45, 2.75) is 11.0 Å². The molecule has 9 heteroatoms. The minimum Gasteiger partial charge on any atom is -0.374 e. The van der Waals surface area contributed by atoms with Gasteiger partial charge in [0.2, 0.25) is 10.0 Å². The molecule has 140 valence electrons. The van der Waals surface area contributed by atoms with E-state index in [0.29, 0.717) is 26.2 Å². The van der Waals surface area contributed by atoms with Crippen molar-refractivity contribution in [3.05, 3.63) is 30.3 Å². The molecule has 1 saturated heterocycles. The van der Waals surface area contributed by atoms with Gasteiger partial charge >= 0.3 is 6.03 Å². The highest BCUT2D eigenvalue weighted by molar-refractivity contribution is 7.99. The van der Waals surface area contributed by atoms with Crippen molar-refractivity contribution in [3.8, 4) is 0 Å². The first-order chi connectivity index (χ1) is 11.9. The third kappa shape index (κ3) is 6.85. The number of nitrogens with one attached hydrogen (secondary N) is 1. The highest BCUT2D eigenvalue weighted by Gasteiger charge is 2.26. The Labute approximate surface area is 153 Å². The molecule has 1 atom stereocenters. The number of morpholine rings is 1. The molecule has 1 aromatic rings. The Morgan fingerprint density at radius 2 is 2.12 bits per heavy atom. The lowest BCUT2D eigenvalue weighted by molar-refractivity contribution is 0.00103. The van der Waals surface area contributed by atoms with Gasteiger partial charge in [-0.25, -0.2) is 13.2 Å². The molecule has 7 nitrogen and oxygen atoms in total. The number of thioether (sulfide) groups is 1. The lowest BCUT2D eigenvalue weighted by Gasteiger charge is -2.31. The van der Waals surface area contributed by atoms with E-state index in [1.165, 1.54) is 15.5 Å². The summed E-state index contributed by atoms with van der Waals surface area (Å²) in [6, 6.07) is 9.85. The standard InChI is InChI=1S/C16H25N3O4S2/c1-18(9-11-24-15-6-4-3-5-7-15)16(20)17-12-14-13-19(8-10-23-14)25(2,21)22/h3-7,14H,8-13H2,1-2H3,(H,17,20). The minimum atomic E-state index is -3.22. The number of carbonyl (C=O) groups is 1. The maximum atomic E-state index is 12.1. The number of urea groups is 1. The molecule has 1 aromatic carbocycles. The summed E-state index contributed by atoms with van der Waals surface area (Å²) < 4.78 is 30.1. The quantitative estimate of drug-likeness (QED) is 0.709. The van der Waals surface area contributed by atoms with Crippen LogP contribution in [0.25, 0.3) is 0 Å². The zero-order chi connectivity index (χ0) is 18.3. The van der Waals surface area contributed by atoms with Gasteiger partial charge in [0.25, 0.3) is 0 Å². The first kappa shape index (κ1) is 20.0. The predicted molar refractivity (Wildman–Crippen MR) is 99.4 cm³/mol. The monoisotopic (exact) mass is 387 g/mol. The lowest BCUT2D eigenvalue weighted by atomic mass is 10.3. The predicted octanol–water partition coefficient (Wildman–Crippen LogP) is 1.08. The van der Waals surface area contributed by atoms with Crippen molar-refractivity contribution in [3.63, 3.8) is 0 Å². The van der Waals surface area contributed by atoms with Crippen LogP contribution in [0.15, 0.2) is 35.2 Å². The van der Waals surface area contributed by atoms with E-state index >= 15 is 0 Å². The summed E-state index contributed by atoms with van der Waals surface area (Å²) in [5.74, 6) is 0.801. The molecule has 1 aliphatic heterocycles. The molecule has 1 fully saturated rings. The van der Waals surface area contributed by atoms with Gasteiger partial charge in [0.1, 0.15) is 0 Å². The van der Waals surface area contributed by atoms with Gasteiger partial charge in [0.15, 0.2) is 0 Å². The summed E-state index contributed by atoms with van der Waals surface area (Å²) in [7, 11) is -1.48. The largest absolute Gasteiger partial charge is 0.374 e. The first-order valence-corrected chi connectivity index (χ1v) is 10.9. The molecule has 1 heterocycles. The first-order valence-electron chi connectivity index (χ1n) is 8.10. The number of sulfonamides is 1. The molecule has 25 heavy (non-hydrogen) atoms. The van der Waals surface area contributed by atoms with Gasteiger partial charge in [-0.1, -0.05) is 18.2 Å². The molecule has 0 spiro atoms. The van der Waals surface area contributed by atoms with Crippen LogP contribution in [-0.4, -0.2) is 81.6 Å². The molecule has 0 radical (unpaired) electrons. The summed E-state index contributed by atoms with van der Waals surface area (Å²) >= 11 is 1.70. The summed E-state index contributed by atoms with van der Waals surface area (Å²) in [5, 5.41) is 2.80. The van der Waals surface area contributed by atoms with Crippen LogP contribution in [0.3, 0.4) is 0 Å². The second-order valence-corrected chi connectivity index (χ2v) is 9.03. The van der Waals surface area contributed by atoms with E-state index in [-0.39, 0.29) is 18.7 Å². The molecule has 0 aromatic heterocycles. The van der Waals surface area contributed by atoms with Crippen LogP contribution in [-0.2, 0) is 14.8 Å². The number of hydrogen-bond acceptors (Lipinski definition) is 5. The molecular weight excluding hydrogens is 362 g/mol. The average Bonchev–Trinajstić information content (AvgIpc) is 2.60. The SMILES string of the molecule is CN(CCSc1ccccc1)C(=O)NCC1CN(S(C)(=O)=O)CCO1. The highest BCUT2D eigenvalue weighted by Crippen LogP contribution is 2.16. The van der Waals surface area contributed by atoms with Crippen molar-refractivity contribution >= 4 is 27.8 Å². The Morgan fingerprint density at radius 3 is 2.80 bits per heavy atom. The van der Waals surface area contributed by atoms with Crippen LogP contribution in [0.1, 0.15) is 0 Å². The third-order valence-corrected chi connectivity index (χ3v) is 6.10. The van der Waals surface area contributed by atoms with E-state index in [0.717, 1.165) is 5.75 Å². The fraction of sp³-hybridized carbons (Fsp3) is 0.562. The van der Waals surface area contributed by atoms with Crippen LogP contribution in [0.2, 0.25) is 0 Å². The Bertz CT molecular complexity index is 655. The number of amides is 2. The fourth-order valence-electron chi connectivity index (χ4n) is 2.37. The zero-order valence-electron chi connectivity index (χ0n) is 14.6. The van der Waals surface area contributed by atoms with E-state index in [1.807, 2.05) is 30.3 Å². The summed E-state index contributed by atoms with van der Waals surface area (Å²) in [5.41, 5.74) is 0. The lowest BCUT2D eigenvalue weighted by Crippen LogP contribution is -2.50. The van der Waals surface area contributed by atoms with Crippen LogP contribution in [0, 0.1) is 0 Å². The molecule has 1 aliphatic rings. The normalized spacial score (nSPS) is 18.7. The van der Waals surface area contributed by atoms with Crippen LogP contribution >= 0.6 is 11.8 Å². The molecule has 0 saturated carbocycles. The minimum absolute atomic E-state index is 0.186. The van der Waals surface area contributed by atoms with Gasteiger partial charge in [-0.3, -0.25) is 0 Å². The van der Waals surface area contributed by atoms with E-state index in [4.69, 9.17) is 4.74 Å². The summed E-state index contributed by atoms with van der Waals surface area (Å²) in [6.45, 7) is 1.89. The molecule has 0 bridgehead atoms. The number of nitrogens with zero attached hydrogens (tertiary/aromatic N) is 2. The van der Waals surface area contributed by atoms with Gasteiger partial charge in [0.05, 0.1) is 19.0 Å². The fourth-order valence-corrected chi connectivity index (χ4v) is 4.17.